The molecular formula is C33H36O2. The van der Waals surface area contributed by atoms with Gasteiger partial charge in [-0.05, 0) is 111 Å². The largest absolute Gasteiger partial charge is 0.508 e. The molecule has 0 aliphatic heterocycles. The lowest BCUT2D eigenvalue weighted by atomic mass is 9.87. The fourth-order valence-electron chi connectivity index (χ4n) is 5.11. The molecule has 0 amide bonds. The van der Waals surface area contributed by atoms with Gasteiger partial charge in [0.15, 0.2) is 0 Å². The van der Waals surface area contributed by atoms with Crippen LogP contribution in [0.4, 0.5) is 0 Å². The van der Waals surface area contributed by atoms with E-state index in [2.05, 4.69) is 70.2 Å². The quantitative estimate of drug-likeness (QED) is 0.307. The summed E-state index contributed by atoms with van der Waals surface area (Å²) in [5.41, 5.74) is 14.2. The Bertz CT molecular complexity index is 1400. The minimum atomic E-state index is 0.302. The molecule has 0 spiro atoms. The number of aromatic hydroxyl groups is 2. The van der Waals surface area contributed by atoms with E-state index in [0.29, 0.717) is 17.9 Å². The molecule has 4 aromatic carbocycles. The summed E-state index contributed by atoms with van der Waals surface area (Å²) in [6.07, 6.45) is 2.41. The average molecular weight is 465 g/mol. The summed E-state index contributed by atoms with van der Waals surface area (Å²) >= 11 is 0. The predicted octanol–water partition coefficient (Wildman–Crippen LogP) is 7.72. The lowest BCUT2D eigenvalue weighted by molar-refractivity contribution is 0.464. The van der Waals surface area contributed by atoms with Gasteiger partial charge < -0.3 is 10.2 Å². The molecule has 2 N–H and O–H groups in total. The van der Waals surface area contributed by atoms with Gasteiger partial charge in [-0.3, -0.25) is 0 Å². The van der Waals surface area contributed by atoms with E-state index >= 15 is 0 Å². The van der Waals surface area contributed by atoms with Gasteiger partial charge >= 0.3 is 0 Å². The maximum Gasteiger partial charge on any atom is 0.122 e. The van der Waals surface area contributed by atoms with Gasteiger partial charge in [0.2, 0.25) is 0 Å². The SMILES string of the molecule is Cc1cccc(Cc2cc(C)cc(Cc3cc(C)c(O)c(Cc4ccc(O)c(C)c4)c3C)c2C)c1. The Morgan fingerprint density at radius 1 is 0.543 bits per heavy atom. The maximum atomic E-state index is 10.9. The Labute approximate surface area is 209 Å². The third-order valence-electron chi connectivity index (χ3n) is 7.25. The Morgan fingerprint density at radius 2 is 1.20 bits per heavy atom. The zero-order valence-corrected chi connectivity index (χ0v) is 21.8. The summed E-state index contributed by atoms with van der Waals surface area (Å²) < 4.78 is 0. The van der Waals surface area contributed by atoms with Crippen molar-refractivity contribution in [2.45, 2.75) is 60.8 Å². The fourth-order valence-corrected chi connectivity index (χ4v) is 5.11. The average Bonchev–Trinajstić information content (AvgIpc) is 2.80. The number of phenolic OH excluding ortho intramolecular Hbond substituents is 2. The number of hydrogen-bond acceptors (Lipinski definition) is 2. The van der Waals surface area contributed by atoms with Gasteiger partial charge in [-0.25, -0.2) is 0 Å². The molecule has 0 aliphatic rings. The van der Waals surface area contributed by atoms with Crippen LogP contribution < -0.4 is 0 Å². The first kappa shape index (κ1) is 24.6. The van der Waals surface area contributed by atoms with Crippen molar-refractivity contribution in [3.63, 3.8) is 0 Å². The zero-order chi connectivity index (χ0) is 25.3. The van der Waals surface area contributed by atoms with E-state index in [4.69, 9.17) is 0 Å². The van der Waals surface area contributed by atoms with Gasteiger partial charge in [0.25, 0.3) is 0 Å². The molecule has 0 saturated carbocycles. The minimum Gasteiger partial charge on any atom is -0.508 e. The Balaban J connectivity index is 1.69. The number of aryl methyl sites for hydroxylation is 4. The normalized spacial score (nSPS) is 11.1. The molecule has 4 aromatic rings. The fraction of sp³-hybridized carbons (Fsp3) is 0.273. The van der Waals surface area contributed by atoms with Gasteiger partial charge in [0.05, 0.1) is 0 Å². The molecule has 0 heterocycles. The topological polar surface area (TPSA) is 40.5 Å². The first-order valence-electron chi connectivity index (χ1n) is 12.4. The second kappa shape index (κ2) is 10.00. The van der Waals surface area contributed by atoms with Crippen molar-refractivity contribution in [3.8, 4) is 11.5 Å². The van der Waals surface area contributed by atoms with Crippen LogP contribution in [0.2, 0.25) is 0 Å². The summed E-state index contributed by atoms with van der Waals surface area (Å²) in [6.45, 7) is 12.6. The van der Waals surface area contributed by atoms with Gasteiger partial charge in [0, 0.05) is 12.0 Å². The summed E-state index contributed by atoms with van der Waals surface area (Å²) in [5.74, 6) is 0.675. The van der Waals surface area contributed by atoms with Crippen molar-refractivity contribution in [1.82, 2.24) is 0 Å². The Hall–Kier alpha value is -3.52. The number of rotatable bonds is 6. The van der Waals surface area contributed by atoms with Crippen LogP contribution in [-0.2, 0) is 19.3 Å². The smallest absolute Gasteiger partial charge is 0.122 e. The molecule has 0 unspecified atom stereocenters. The first-order chi connectivity index (χ1) is 16.6. The van der Waals surface area contributed by atoms with Gasteiger partial charge in [-0.2, -0.15) is 0 Å². The van der Waals surface area contributed by atoms with E-state index in [0.717, 1.165) is 40.7 Å². The van der Waals surface area contributed by atoms with Crippen molar-refractivity contribution < 1.29 is 10.2 Å². The highest BCUT2D eigenvalue weighted by molar-refractivity contribution is 5.53. The molecule has 2 heteroatoms. The predicted molar refractivity (Wildman–Crippen MR) is 146 cm³/mol. The molecular weight excluding hydrogens is 428 g/mol. The lowest BCUT2D eigenvalue weighted by Gasteiger charge is -2.19. The van der Waals surface area contributed by atoms with E-state index in [1.807, 2.05) is 26.0 Å². The van der Waals surface area contributed by atoms with Crippen LogP contribution in [0.3, 0.4) is 0 Å². The summed E-state index contributed by atoms with van der Waals surface area (Å²) in [5, 5.41) is 20.8. The Kier molecular flexibility index (Phi) is 7.03. The summed E-state index contributed by atoms with van der Waals surface area (Å²) in [6, 6.07) is 21.2. The van der Waals surface area contributed by atoms with Crippen molar-refractivity contribution in [1.29, 1.82) is 0 Å². The van der Waals surface area contributed by atoms with E-state index in [1.165, 1.54) is 38.9 Å². The molecule has 4 rings (SSSR count). The first-order valence-corrected chi connectivity index (χ1v) is 12.4. The molecule has 0 radical (unpaired) electrons. The molecule has 0 bridgehead atoms. The van der Waals surface area contributed by atoms with Crippen LogP contribution >= 0.6 is 0 Å². The Morgan fingerprint density at radius 3 is 1.89 bits per heavy atom. The molecule has 2 nitrogen and oxygen atoms in total. The summed E-state index contributed by atoms with van der Waals surface area (Å²) in [4.78, 5) is 0. The highest BCUT2D eigenvalue weighted by Crippen LogP contribution is 2.33. The lowest BCUT2D eigenvalue weighted by Crippen LogP contribution is -2.04. The van der Waals surface area contributed by atoms with Gasteiger partial charge in [-0.1, -0.05) is 65.7 Å². The van der Waals surface area contributed by atoms with Crippen LogP contribution in [0.25, 0.3) is 0 Å². The highest BCUT2D eigenvalue weighted by Gasteiger charge is 2.16. The van der Waals surface area contributed by atoms with Crippen LogP contribution in [0.15, 0.2) is 60.7 Å². The molecule has 0 saturated heterocycles. The van der Waals surface area contributed by atoms with Crippen LogP contribution in [0.1, 0.15) is 66.8 Å². The van der Waals surface area contributed by atoms with E-state index in [1.54, 1.807) is 6.07 Å². The van der Waals surface area contributed by atoms with Crippen molar-refractivity contribution in [3.05, 3.63) is 127 Å². The molecule has 0 aromatic heterocycles. The zero-order valence-electron chi connectivity index (χ0n) is 21.8. The number of phenols is 2. The van der Waals surface area contributed by atoms with E-state index < -0.39 is 0 Å². The van der Waals surface area contributed by atoms with Crippen LogP contribution in [0.5, 0.6) is 11.5 Å². The minimum absolute atomic E-state index is 0.302. The second-order valence-electron chi connectivity index (χ2n) is 10.2. The second-order valence-corrected chi connectivity index (χ2v) is 10.2. The van der Waals surface area contributed by atoms with E-state index in [-0.39, 0.29) is 0 Å². The third-order valence-corrected chi connectivity index (χ3v) is 7.25. The van der Waals surface area contributed by atoms with Crippen molar-refractivity contribution in [2.75, 3.05) is 0 Å². The van der Waals surface area contributed by atoms with Gasteiger partial charge in [-0.15, -0.1) is 0 Å². The van der Waals surface area contributed by atoms with E-state index in [9.17, 15) is 10.2 Å². The maximum absolute atomic E-state index is 10.9. The molecule has 0 atom stereocenters. The standard InChI is InChI=1S/C33H36O2/c1-20-8-7-9-26(12-20)17-28-13-21(2)14-29(24(28)5)19-30-16-23(4)33(35)31(25(30)6)18-27-10-11-32(34)22(3)15-27/h7-16,34-35H,17-19H2,1-6H3. The monoisotopic (exact) mass is 464 g/mol. The highest BCUT2D eigenvalue weighted by atomic mass is 16.3. The van der Waals surface area contributed by atoms with Gasteiger partial charge in [0.1, 0.15) is 11.5 Å². The van der Waals surface area contributed by atoms with Crippen LogP contribution in [0, 0.1) is 41.5 Å². The molecule has 0 aliphatic carbocycles. The van der Waals surface area contributed by atoms with Crippen molar-refractivity contribution >= 4 is 0 Å². The van der Waals surface area contributed by atoms with Crippen molar-refractivity contribution in [2.24, 2.45) is 0 Å². The molecule has 0 fully saturated rings. The number of hydrogen-bond donors (Lipinski definition) is 2. The summed E-state index contributed by atoms with van der Waals surface area (Å²) in [7, 11) is 0. The third kappa shape index (κ3) is 5.43. The van der Waals surface area contributed by atoms with Crippen LogP contribution in [-0.4, -0.2) is 10.2 Å². The number of benzene rings is 4. The molecule has 180 valence electrons. The molecule has 35 heavy (non-hydrogen) atoms.